The molecule has 1 aromatic carbocycles. The molecule has 0 saturated heterocycles. The van der Waals surface area contributed by atoms with E-state index in [0.717, 1.165) is 23.8 Å². The van der Waals surface area contributed by atoms with Gasteiger partial charge in [-0.2, -0.15) is 0 Å². The molecule has 4 aliphatic rings. The summed E-state index contributed by atoms with van der Waals surface area (Å²) < 4.78 is 0. The van der Waals surface area contributed by atoms with Gasteiger partial charge in [-0.05, 0) is 105 Å². The van der Waals surface area contributed by atoms with E-state index in [1.807, 2.05) is 18.0 Å². The fraction of sp³-hybridized carbons (Fsp3) is 0.643. The Morgan fingerprint density at radius 1 is 1.03 bits per heavy atom. The Bertz CT molecular complexity index is 1090. The Morgan fingerprint density at radius 2 is 1.81 bits per heavy atom. The number of likely N-dealkylation sites (N-methyl/N-ethyl adjacent to an activating group) is 1. The number of rotatable bonds is 1. The number of aromatic amines is 1. The highest BCUT2D eigenvalue weighted by atomic mass is 16.2. The summed E-state index contributed by atoms with van der Waals surface area (Å²) in [4.78, 5) is 23.2. The van der Waals surface area contributed by atoms with Gasteiger partial charge in [0, 0.05) is 24.4 Å². The average Bonchev–Trinajstić information content (AvgIpc) is 3.31. The molecule has 2 heterocycles. The highest BCUT2D eigenvalue weighted by molar-refractivity contribution is 5.89. The minimum absolute atomic E-state index is 0.124. The van der Waals surface area contributed by atoms with E-state index in [4.69, 9.17) is 4.98 Å². The van der Waals surface area contributed by atoms with Crippen LogP contribution in [0, 0.1) is 42.4 Å². The SMILES string of the molecule is Cc1cc2nc([C@H]3CC[C@H]4[C@@H]5CC[C@H]6N(C)C(=O)C=C[C@]6(C)[C@H]5CC[C@]34C)[nH]c2cc1C. The highest BCUT2D eigenvalue weighted by Crippen LogP contribution is 2.67. The quantitative estimate of drug-likeness (QED) is 0.611. The molecule has 4 nitrogen and oxygen atoms in total. The van der Waals surface area contributed by atoms with Crippen molar-refractivity contribution < 1.29 is 4.79 Å². The van der Waals surface area contributed by atoms with Gasteiger partial charge in [0.1, 0.15) is 5.82 Å². The van der Waals surface area contributed by atoms with Crippen LogP contribution in [0.3, 0.4) is 0 Å². The number of nitrogens with one attached hydrogen (secondary N) is 1. The molecule has 1 amide bonds. The zero-order valence-corrected chi connectivity index (χ0v) is 20.2. The molecular formula is C28H37N3O. The molecule has 3 saturated carbocycles. The number of imidazole rings is 1. The number of aromatic nitrogens is 2. The Morgan fingerprint density at radius 3 is 2.62 bits per heavy atom. The van der Waals surface area contributed by atoms with E-state index in [2.05, 4.69) is 50.9 Å². The van der Waals surface area contributed by atoms with Crippen molar-refractivity contribution in [2.24, 2.45) is 28.6 Å². The van der Waals surface area contributed by atoms with Gasteiger partial charge in [-0.25, -0.2) is 4.98 Å². The zero-order chi connectivity index (χ0) is 22.4. The van der Waals surface area contributed by atoms with Crippen molar-refractivity contribution in [1.29, 1.82) is 0 Å². The molecule has 6 rings (SSSR count). The molecule has 2 aromatic rings. The molecule has 0 unspecified atom stereocenters. The van der Waals surface area contributed by atoms with E-state index in [-0.39, 0.29) is 11.3 Å². The maximum atomic E-state index is 12.3. The van der Waals surface area contributed by atoms with Crippen LogP contribution < -0.4 is 0 Å². The summed E-state index contributed by atoms with van der Waals surface area (Å²) >= 11 is 0. The minimum atomic E-state index is 0.124. The van der Waals surface area contributed by atoms with E-state index in [0.29, 0.717) is 23.3 Å². The van der Waals surface area contributed by atoms with Gasteiger partial charge in [-0.1, -0.05) is 19.9 Å². The van der Waals surface area contributed by atoms with Crippen LogP contribution in [0.2, 0.25) is 0 Å². The molecule has 3 fully saturated rings. The summed E-state index contributed by atoms with van der Waals surface area (Å²) in [5, 5.41) is 0. The topological polar surface area (TPSA) is 49.0 Å². The van der Waals surface area contributed by atoms with Crippen molar-refractivity contribution in [1.82, 2.24) is 14.9 Å². The number of nitrogens with zero attached hydrogens (tertiary/aromatic N) is 2. The van der Waals surface area contributed by atoms with Crippen LogP contribution >= 0.6 is 0 Å². The summed E-state index contributed by atoms with van der Waals surface area (Å²) in [7, 11) is 2.01. The van der Waals surface area contributed by atoms with E-state index in [1.165, 1.54) is 54.6 Å². The normalized spacial score (nSPS) is 41.0. The van der Waals surface area contributed by atoms with Crippen molar-refractivity contribution >= 4 is 16.9 Å². The number of hydrogen-bond donors (Lipinski definition) is 1. The van der Waals surface area contributed by atoms with Crippen molar-refractivity contribution in [3.8, 4) is 0 Å². The Kier molecular flexibility index (Phi) is 4.30. The third-order valence-electron chi connectivity index (χ3n) is 10.6. The lowest BCUT2D eigenvalue weighted by Crippen LogP contribution is -2.59. The maximum Gasteiger partial charge on any atom is 0.246 e. The molecule has 3 aliphatic carbocycles. The smallest absolute Gasteiger partial charge is 0.246 e. The number of fused-ring (bicyclic) bond motifs is 6. The molecular weight excluding hydrogens is 394 g/mol. The number of carbonyl (C=O) groups is 1. The number of benzene rings is 1. The van der Waals surface area contributed by atoms with E-state index < -0.39 is 0 Å². The molecule has 7 atom stereocenters. The van der Waals surface area contributed by atoms with Crippen LogP contribution in [0.1, 0.15) is 75.2 Å². The molecule has 32 heavy (non-hydrogen) atoms. The number of amides is 1. The number of aryl methyl sites for hydroxylation is 2. The summed E-state index contributed by atoms with van der Waals surface area (Å²) in [6.45, 7) is 9.37. The lowest BCUT2D eigenvalue weighted by atomic mass is 9.47. The van der Waals surface area contributed by atoms with Gasteiger partial charge in [0.25, 0.3) is 0 Å². The zero-order valence-electron chi connectivity index (χ0n) is 20.2. The number of carbonyl (C=O) groups excluding carboxylic acids is 1. The summed E-state index contributed by atoms with van der Waals surface area (Å²) in [6.07, 6.45) is 11.6. The predicted octanol–water partition coefficient (Wildman–Crippen LogP) is 5.90. The van der Waals surface area contributed by atoms with Crippen molar-refractivity contribution in [2.45, 2.75) is 78.2 Å². The summed E-state index contributed by atoms with van der Waals surface area (Å²) in [6, 6.07) is 4.87. The van der Waals surface area contributed by atoms with Gasteiger partial charge in [0.15, 0.2) is 0 Å². The lowest BCUT2D eigenvalue weighted by Gasteiger charge is -2.60. The lowest BCUT2D eigenvalue weighted by molar-refractivity contribution is -0.138. The first-order valence-corrected chi connectivity index (χ1v) is 12.7. The average molecular weight is 432 g/mol. The monoisotopic (exact) mass is 431 g/mol. The van der Waals surface area contributed by atoms with Crippen molar-refractivity contribution in [3.63, 3.8) is 0 Å². The third kappa shape index (κ3) is 2.61. The molecule has 0 radical (unpaired) electrons. The van der Waals surface area contributed by atoms with Crippen LogP contribution in [0.5, 0.6) is 0 Å². The standard InChI is InChI=1S/C28H37N3O/c1-16-14-22-23(15-17(16)2)30-26(29-22)21-8-7-19-18-6-9-24-28(4,13-11-25(32)31(24)5)20(18)10-12-27(19,21)3/h11,13-15,18-21,24H,6-10,12H2,1-5H3,(H,29,30)/t18-,19-,20-,21+,24+,27-,28+/m0/s1. The van der Waals surface area contributed by atoms with Crippen molar-refractivity contribution in [2.75, 3.05) is 7.05 Å². The summed E-state index contributed by atoms with van der Waals surface area (Å²) in [5.41, 5.74) is 5.41. The van der Waals surface area contributed by atoms with Gasteiger partial charge >= 0.3 is 0 Å². The predicted molar refractivity (Wildman–Crippen MR) is 128 cm³/mol. The third-order valence-corrected chi connectivity index (χ3v) is 10.6. The molecule has 1 aliphatic heterocycles. The first-order chi connectivity index (χ1) is 15.2. The molecule has 4 heteroatoms. The fourth-order valence-electron chi connectivity index (χ4n) is 8.64. The molecule has 170 valence electrons. The number of hydrogen-bond acceptors (Lipinski definition) is 2. The molecule has 1 N–H and O–H groups in total. The first-order valence-electron chi connectivity index (χ1n) is 12.7. The van der Waals surface area contributed by atoms with E-state index in [9.17, 15) is 4.79 Å². The Labute approximate surface area is 191 Å². The van der Waals surface area contributed by atoms with Crippen LogP contribution in [0.4, 0.5) is 0 Å². The van der Waals surface area contributed by atoms with Crippen LogP contribution in [-0.4, -0.2) is 33.9 Å². The highest BCUT2D eigenvalue weighted by Gasteiger charge is 2.60. The maximum absolute atomic E-state index is 12.3. The molecule has 0 spiro atoms. The second-order valence-electron chi connectivity index (χ2n) is 11.9. The second-order valence-corrected chi connectivity index (χ2v) is 11.9. The van der Waals surface area contributed by atoms with Gasteiger partial charge < -0.3 is 9.88 Å². The van der Waals surface area contributed by atoms with Crippen LogP contribution in [-0.2, 0) is 4.79 Å². The van der Waals surface area contributed by atoms with Gasteiger partial charge in [-0.15, -0.1) is 0 Å². The van der Waals surface area contributed by atoms with Crippen LogP contribution in [0.25, 0.3) is 11.0 Å². The summed E-state index contributed by atoms with van der Waals surface area (Å²) in [5.74, 6) is 4.14. The van der Waals surface area contributed by atoms with Crippen LogP contribution in [0.15, 0.2) is 24.3 Å². The Balaban J connectivity index is 1.33. The Hall–Kier alpha value is -2.10. The first kappa shape index (κ1) is 20.5. The fourth-order valence-corrected chi connectivity index (χ4v) is 8.64. The van der Waals surface area contributed by atoms with Gasteiger partial charge in [0.05, 0.1) is 11.0 Å². The number of H-pyrrole nitrogens is 1. The molecule has 1 aromatic heterocycles. The van der Waals surface area contributed by atoms with E-state index in [1.54, 1.807) is 0 Å². The minimum Gasteiger partial charge on any atom is -0.342 e. The van der Waals surface area contributed by atoms with Crippen molar-refractivity contribution in [3.05, 3.63) is 41.2 Å². The largest absolute Gasteiger partial charge is 0.342 e. The van der Waals surface area contributed by atoms with Gasteiger partial charge in [0.2, 0.25) is 5.91 Å². The second kappa shape index (κ2) is 6.71. The molecule has 0 bridgehead atoms. The van der Waals surface area contributed by atoms with Gasteiger partial charge in [-0.3, -0.25) is 4.79 Å². The van der Waals surface area contributed by atoms with E-state index >= 15 is 0 Å².